The van der Waals surface area contributed by atoms with Gasteiger partial charge in [-0.15, -0.1) is 0 Å². The van der Waals surface area contributed by atoms with Gasteiger partial charge in [0, 0.05) is 6.42 Å². The number of carbonyl (C=O) groups excluding carboxylic acids is 2. The van der Waals surface area contributed by atoms with Crippen LogP contribution in [0.4, 0.5) is 0 Å². The highest BCUT2D eigenvalue weighted by molar-refractivity contribution is 5.73. The Morgan fingerprint density at radius 1 is 1.04 bits per heavy atom. The zero-order chi connectivity index (χ0) is 17.3. The Morgan fingerprint density at radius 2 is 1.74 bits per heavy atom. The van der Waals surface area contributed by atoms with Crippen molar-refractivity contribution < 1.29 is 19.1 Å². The van der Waals surface area contributed by atoms with E-state index in [4.69, 9.17) is 9.47 Å². The molecule has 0 aliphatic rings. The van der Waals surface area contributed by atoms with Gasteiger partial charge in [-0.1, -0.05) is 24.3 Å². The molecule has 23 heavy (non-hydrogen) atoms. The zero-order valence-electron chi connectivity index (χ0n) is 14.7. The summed E-state index contributed by atoms with van der Waals surface area (Å²) in [5.41, 5.74) is 1.68. The Labute approximate surface area is 139 Å². The largest absolute Gasteiger partial charge is 0.466 e. The summed E-state index contributed by atoms with van der Waals surface area (Å²) in [7, 11) is 0. The fourth-order valence-electron chi connectivity index (χ4n) is 2.27. The molecule has 0 saturated heterocycles. The molecule has 0 saturated carbocycles. The van der Waals surface area contributed by atoms with Crippen molar-refractivity contribution in [1.82, 2.24) is 0 Å². The third kappa shape index (κ3) is 9.01. The molecule has 4 nitrogen and oxygen atoms in total. The molecule has 0 unspecified atom stereocenters. The maximum atomic E-state index is 11.9. The molecular weight excluding hydrogens is 292 g/mol. The van der Waals surface area contributed by atoms with Crippen molar-refractivity contribution in [3.63, 3.8) is 0 Å². The minimum atomic E-state index is -0.457. The van der Waals surface area contributed by atoms with Crippen molar-refractivity contribution >= 4 is 11.9 Å². The first-order valence-corrected chi connectivity index (χ1v) is 8.25. The molecule has 0 amide bonds. The monoisotopic (exact) mass is 320 g/mol. The van der Waals surface area contributed by atoms with Crippen LogP contribution in [0.5, 0.6) is 0 Å². The maximum absolute atomic E-state index is 11.9. The van der Waals surface area contributed by atoms with Gasteiger partial charge in [0.1, 0.15) is 5.60 Å². The van der Waals surface area contributed by atoms with Crippen LogP contribution in [0.2, 0.25) is 0 Å². The molecule has 0 aromatic heterocycles. The van der Waals surface area contributed by atoms with Crippen LogP contribution in [0.1, 0.15) is 58.1 Å². The van der Waals surface area contributed by atoms with Crippen molar-refractivity contribution in [2.75, 3.05) is 6.61 Å². The van der Waals surface area contributed by atoms with Crippen LogP contribution in [0, 0.1) is 0 Å². The number of aryl methyl sites for hydroxylation is 1. The Balaban J connectivity index is 2.41. The lowest BCUT2D eigenvalue weighted by Crippen LogP contribution is -2.24. The van der Waals surface area contributed by atoms with Gasteiger partial charge in [0.25, 0.3) is 0 Å². The van der Waals surface area contributed by atoms with Gasteiger partial charge in [-0.25, -0.2) is 0 Å². The number of ether oxygens (including phenoxy) is 2. The Hall–Kier alpha value is -1.84. The third-order valence-corrected chi connectivity index (χ3v) is 3.16. The van der Waals surface area contributed by atoms with Gasteiger partial charge in [0.15, 0.2) is 0 Å². The highest BCUT2D eigenvalue weighted by Gasteiger charge is 2.16. The maximum Gasteiger partial charge on any atom is 0.310 e. The summed E-state index contributed by atoms with van der Waals surface area (Å²) in [6, 6.07) is 7.98. The van der Waals surface area contributed by atoms with Crippen LogP contribution >= 0.6 is 0 Å². The molecule has 0 aliphatic heterocycles. The fourth-order valence-corrected chi connectivity index (χ4v) is 2.27. The number of benzene rings is 1. The second-order valence-corrected chi connectivity index (χ2v) is 6.60. The highest BCUT2D eigenvalue weighted by atomic mass is 16.6. The van der Waals surface area contributed by atoms with E-state index in [2.05, 4.69) is 0 Å². The van der Waals surface area contributed by atoms with Gasteiger partial charge in [0.2, 0.25) is 0 Å². The van der Waals surface area contributed by atoms with Crippen LogP contribution in [0.15, 0.2) is 24.3 Å². The summed E-state index contributed by atoms with van der Waals surface area (Å²) in [5, 5.41) is 0. The fraction of sp³-hybridized carbons (Fsp3) is 0.579. The Bertz CT molecular complexity index is 514. The molecule has 1 aromatic carbocycles. The lowest BCUT2D eigenvalue weighted by Gasteiger charge is -2.19. The van der Waals surface area contributed by atoms with E-state index in [1.165, 1.54) is 5.56 Å². The number of unbranched alkanes of at least 4 members (excludes halogenated alkanes) is 1. The normalized spacial score (nSPS) is 11.1. The van der Waals surface area contributed by atoms with E-state index in [0.717, 1.165) is 24.8 Å². The molecule has 0 radical (unpaired) electrons. The zero-order valence-corrected chi connectivity index (χ0v) is 14.7. The van der Waals surface area contributed by atoms with Gasteiger partial charge >= 0.3 is 11.9 Å². The number of carbonyl (C=O) groups is 2. The van der Waals surface area contributed by atoms with Gasteiger partial charge < -0.3 is 9.47 Å². The van der Waals surface area contributed by atoms with E-state index in [1.54, 1.807) is 0 Å². The van der Waals surface area contributed by atoms with E-state index in [-0.39, 0.29) is 18.4 Å². The minimum Gasteiger partial charge on any atom is -0.466 e. The van der Waals surface area contributed by atoms with Crippen molar-refractivity contribution in [2.45, 2.75) is 65.4 Å². The van der Waals surface area contributed by atoms with E-state index < -0.39 is 5.60 Å². The SMILES string of the molecule is CCOC(=O)CCCCc1cccc(CC(=O)OC(C)(C)C)c1. The van der Waals surface area contributed by atoms with Gasteiger partial charge in [-0.2, -0.15) is 0 Å². The van der Waals surface area contributed by atoms with E-state index >= 15 is 0 Å². The molecule has 4 heteroatoms. The van der Waals surface area contributed by atoms with Gasteiger partial charge in [-0.3, -0.25) is 9.59 Å². The number of hydrogen-bond acceptors (Lipinski definition) is 4. The molecule has 1 rings (SSSR count). The molecule has 0 N–H and O–H groups in total. The predicted molar refractivity (Wildman–Crippen MR) is 90.2 cm³/mol. The predicted octanol–water partition coefficient (Wildman–Crippen LogP) is 3.85. The van der Waals surface area contributed by atoms with Crippen molar-refractivity contribution in [3.05, 3.63) is 35.4 Å². The number of hydrogen-bond donors (Lipinski definition) is 0. The quantitative estimate of drug-likeness (QED) is 0.539. The van der Waals surface area contributed by atoms with E-state index in [9.17, 15) is 9.59 Å². The topological polar surface area (TPSA) is 52.6 Å². The molecule has 0 bridgehead atoms. The smallest absolute Gasteiger partial charge is 0.310 e. The number of esters is 2. The van der Waals surface area contributed by atoms with E-state index in [1.807, 2.05) is 52.0 Å². The first-order valence-electron chi connectivity index (χ1n) is 8.25. The summed E-state index contributed by atoms with van der Waals surface area (Å²) in [6.45, 7) is 7.85. The molecule has 0 spiro atoms. The summed E-state index contributed by atoms with van der Waals surface area (Å²) < 4.78 is 10.2. The summed E-state index contributed by atoms with van der Waals surface area (Å²) >= 11 is 0. The summed E-state index contributed by atoms with van der Waals surface area (Å²) in [5.74, 6) is -0.344. The Morgan fingerprint density at radius 3 is 2.39 bits per heavy atom. The molecule has 0 heterocycles. The van der Waals surface area contributed by atoms with Crippen LogP contribution < -0.4 is 0 Å². The van der Waals surface area contributed by atoms with E-state index in [0.29, 0.717) is 13.0 Å². The Kier molecular flexibility index (Phi) is 7.79. The highest BCUT2D eigenvalue weighted by Crippen LogP contribution is 2.13. The molecule has 0 atom stereocenters. The average molecular weight is 320 g/mol. The van der Waals surface area contributed by atoms with Crippen molar-refractivity contribution in [2.24, 2.45) is 0 Å². The molecule has 1 aromatic rings. The summed E-state index contributed by atoms with van der Waals surface area (Å²) in [4.78, 5) is 23.1. The second kappa shape index (κ2) is 9.33. The molecular formula is C19H28O4. The van der Waals surface area contributed by atoms with Crippen LogP contribution in [-0.2, 0) is 31.9 Å². The summed E-state index contributed by atoms with van der Waals surface area (Å²) in [6.07, 6.45) is 3.38. The third-order valence-electron chi connectivity index (χ3n) is 3.16. The molecule has 0 fully saturated rings. The van der Waals surface area contributed by atoms with Crippen LogP contribution in [0.3, 0.4) is 0 Å². The number of rotatable bonds is 8. The molecule has 128 valence electrons. The second-order valence-electron chi connectivity index (χ2n) is 6.60. The first kappa shape index (κ1) is 19.2. The molecule has 0 aliphatic carbocycles. The minimum absolute atomic E-state index is 0.133. The lowest BCUT2D eigenvalue weighted by atomic mass is 10.0. The van der Waals surface area contributed by atoms with Gasteiger partial charge in [0.05, 0.1) is 13.0 Å². The van der Waals surface area contributed by atoms with Gasteiger partial charge in [-0.05, 0) is 58.1 Å². The first-order chi connectivity index (χ1) is 10.8. The van der Waals surface area contributed by atoms with Crippen molar-refractivity contribution in [3.8, 4) is 0 Å². The standard InChI is InChI=1S/C19H28O4/c1-5-22-17(20)12-7-6-9-15-10-8-11-16(13-15)14-18(21)23-19(2,3)4/h8,10-11,13H,5-7,9,12,14H2,1-4H3. The van der Waals surface area contributed by atoms with Crippen molar-refractivity contribution in [1.29, 1.82) is 0 Å². The average Bonchev–Trinajstić information content (AvgIpc) is 2.42. The van der Waals surface area contributed by atoms with Crippen LogP contribution in [-0.4, -0.2) is 24.1 Å². The van der Waals surface area contributed by atoms with Crippen LogP contribution in [0.25, 0.3) is 0 Å². The lowest BCUT2D eigenvalue weighted by molar-refractivity contribution is -0.154.